The Morgan fingerprint density at radius 1 is 1.31 bits per heavy atom. The number of carboxylic acids is 1. The van der Waals surface area contributed by atoms with Gasteiger partial charge in [-0.05, 0) is 12.8 Å². The highest BCUT2D eigenvalue weighted by molar-refractivity contribution is 5.73. The molecule has 0 aromatic carbocycles. The van der Waals surface area contributed by atoms with Crippen LogP contribution in [-0.4, -0.2) is 17.0 Å². The lowest BCUT2D eigenvalue weighted by Crippen LogP contribution is -2.10. The summed E-state index contributed by atoms with van der Waals surface area (Å²) >= 11 is 0. The Morgan fingerprint density at radius 3 is 2.38 bits per heavy atom. The van der Waals surface area contributed by atoms with E-state index in [0.29, 0.717) is 12.8 Å². The lowest BCUT2D eigenvalue weighted by Gasteiger charge is -2.04. The van der Waals surface area contributed by atoms with Crippen LogP contribution < -0.4 is 5.73 Å². The molecule has 0 aliphatic heterocycles. The fourth-order valence-electron chi connectivity index (χ4n) is 1.05. The molecule has 0 aromatic heterocycles. The molecular weight excluding hydrogens is 170 g/mol. The Morgan fingerprint density at radius 2 is 1.92 bits per heavy atom. The van der Waals surface area contributed by atoms with Crippen LogP contribution in [0.3, 0.4) is 0 Å². The van der Waals surface area contributed by atoms with Crippen LogP contribution >= 0.6 is 0 Å². The zero-order valence-electron chi connectivity index (χ0n) is 7.95. The van der Waals surface area contributed by atoms with Crippen molar-refractivity contribution in [3.63, 3.8) is 0 Å². The minimum Gasteiger partial charge on any atom is -0.481 e. The van der Waals surface area contributed by atoms with Crippen molar-refractivity contribution in [3.8, 4) is 0 Å². The number of primary amides is 1. The summed E-state index contributed by atoms with van der Waals surface area (Å²) in [5.41, 5.74) is 4.95. The molecule has 0 aromatic rings. The van der Waals surface area contributed by atoms with E-state index in [9.17, 15) is 9.59 Å². The summed E-state index contributed by atoms with van der Waals surface area (Å²) < 4.78 is 0. The van der Waals surface area contributed by atoms with Crippen LogP contribution in [0.2, 0.25) is 0 Å². The topological polar surface area (TPSA) is 80.4 Å². The average Bonchev–Trinajstić information content (AvgIpc) is 2.02. The second-order valence-corrected chi connectivity index (χ2v) is 3.30. The number of unbranched alkanes of at least 4 members (excludes halogenated alkanes) is 2. The van der Waals surface area contributed by atoms with Crippen LogP contribution in [0, 0.1) is 5.92 Å². The summed E-state index contributed by atoms with van der Waals surface area (Å²) in [5, 5.41) is 8.55. The highest BCUT2D eigenvalue weighted by Crippen LogP contribution is 2.10. The number of hydrogen-bond donors (Lipinski definition) is 2. The average molecular weight is 187 g/mol. The van der Waals surface area contributed by atoms with E-state index in [0.717, 1.165) is 19.3 Å². The SMILES string of the molecule is C[C@@H](CCCCCC(N)=O)C(=O)O. The molecule has 0 fully saturated rings. The van der Waals surface area contributed by atoms with Crippen LogP contribution in [0.5, 0.6) is 0 Å². The van der Waals surface area contributed by atoms with E-state index in [1.165, 1.54) is 0 Å². The van der Waals surface area contributed by atoms with Crippen molar-refractivity contribution in [1.82, 2.24) is 0 Å². The zero-order chi connectivity index (χ0) is 10.3. The molecule has 0 unspecified atom stereocenters. The standard InChI is InChI=1S/C9H17NO3/c1-7(9(12)13)5-3-2-4-6-8(10)11/h7H,2-6H2,1H3,(H2,10,11)(H,12,13)/t7-/m0/s1. The summed E-state index contributed by atoms with van der Waals surface area (Å²) in [7, 11) is 0. The zero-order valence-corrected chi connectivity index (χ0v) is 7.95. The minimum atomic E-state index is -0.755. The number of aliphatic carboxylic acids is 1. The van der Waals surface area contributed by atoms with Gasteiger partial charge >= 0.3 is 5.97 Å². The maximum absolute atomic E-state index is 10.4. The Hall–Kier alpha value is -1.06. The van der Waals surface area contributed by atoms with Gasteiger partial charge in [-0.2, -0.15) is 0 Å². The second-order valence-electron chi connectivity index (χ2n) is 3.30. The number of rotatable bonds is 7. The number of carbonyl (C=O) groups is 2. The van der Waals surface area contributed by atoms with E-state index in [2.05, 4.69) is 0 Å². The number of amides is 1. The number of carbonyl (C=O) groups excluding carboxylic acids is 1. The largest absolute Gasteiger partial charge is 0.481 e. The van der Waals surface area contributed by atoms with Gasteiger partial charge in [-0.15, -0.1) is 0 Å². The summed E-state index contributed by atoms with van der Waals surface area (Å²) in [6.07, 6.45) is 3.57. The minimum absolute atomic E-state index is 0.284. The summed E-state index contributed by atoms with van der Waals surface area (Å²) in [6.45, 7) is 1.69. The van der Waals surface area contributed by atoms with Crippen molar-refractivity contribution in [2.24, 2.45) is 11.7 Å². The van der Waals surface area contributed by atoms with Gasteiger partial charge in [0.15, 0.2) is 0 Å². The van der Waals surface area contributed by atoms with Crippen molar-refractivity contribution in [2.45, 2.75) is 39.0 Å². The molecule has 3 N–H and O–H groups in total. The number of carboxylic acid groups (broad SMARTS) is 1. The molecule has 0 bridgehead atoms. The van der Waals surface area contributed by atoms with Crippen LogP contribution in [0.25, 0.3) is 0 Å². The normalized spacial score (nSPS) is 12.4. The third-order valence-corrected chi connectivity index (χ3v) is 1.98. The summed E-state index contributed by atoms with van der Waals surface area (Å²) in [6, 6.07) is 0. The first-order valence-electron chi connectivity index (χ1n) is 4.55. The van der Waals surface area contributed by atoms with Crippen LogP contribution in [0.1, 0.15) is 39.0 Å². The number of hydrogen-bond acceptors (Lipinski definition) is 2. The molecule has 4 heteroatoms. The predicted molar refractivity (Wildman–Crippen MR) is 49.1 cm³/mol. The van der Waals surface area contributed by atoms with Crippen molar-refractivity contribution in [2.75, 3.05) is 0 Å². The highest BCUT2D eigenvalue weighted by Gasteiger charge is 2.09. The van der Waals surface area contributed by atoms with Gasteiger partial charge in [0, 0.05) is 6.42 Å². The maximum atomic E-state index is 10.4. The lowest BCUT2D eigenvalue weighted by atomic mass is 10.0. The number of nitrogens with two attached hydrogens (primary N) is 1. The first-order valence-corrected chi connectivity index (χ1v) is 4.55. The Kier molecular flexibility index (Phi) is 5.93. The first-order chi connectivity index (χ1) is 6.04. The Balaban J connectivity index is 3.26. The molecule has 0 heterocycles. The van der Waals surface area contributed by atoms with E-state index in [-0.39, 0.29) is 11.8 Å². The van der Waals surface area contributed by atoms with Crippen molar-refractivity contribution in [3.05, 3.63) is 0 Å². The molecule has 76 valence electrons. The van der Waals surface area contributed by atoms with Crippen LogP contribution in [0.4, 0.5) is 0 Å². The molecule has 0 saturated carbocycles. The van der Waals surface area contributed by atoms with Crippen LogP contribution in [0.15, 0.2) is 0 Å². The second kappa shape index (κ2) is 6.46. The van der Waals surface area contributed by atoms with E-state index < -0.39 is 5.97 Å². The Labute approximate surface area is 78.1 Å². The third kappa shape index (κ3) is 7.31. The van der Waals surface area contributed by atoms with Gasteiger partial charge in [-0.25, -0.2) is 0 Å². The molecule has 0 aliphatic rings. The molecular formula is C9H17NO3. The monoisotopic (exact) mass is 187 g/mol. The van der Waals surface area contributed by atoms with Gasteiger partial charge in [-0.3, -0.25) is 9.59 Å². The van der Waals surface area contributed by atoms with Gasteiger partial charge in [0.05, 0.1) is 5.92 Å². The van der Waals surface area contributed by atoms with E-state index in [1.807, 2.05) is 0 Å². The molecule has 13 heavy (non-hydrogen) atoms. The van der Waals surface area contributed by atoms with Gasteiger partial charge in [0.1, 0.15) is 0 Å². The smallest absolute Gasteiger partial charge is 0.306 e. The van der Waals surface area contributed by atoms with Crippen molar-refractivity contribution >= 4 is 11.9 Å². The summed E-state index contributed by atoms with van der Waals surface area (Å²) in [4.78, 5) is 20.7. The van der Waals surface area contributed by atoms with Crippen molar-refractivity contribution < 1.29 is 14.7 Å². The molecule has 0 aliphatic carbocycles. The first kappa shape index (κ1) is 11.9. The van der Waals surface area contributed by atoms with E-state index in [1.54, 1.807) is 6.92 Å². The molecule has 0 saturated heterocycles. The maximum Gasteiger partial charge on any atom is 0.306 e. The molecule has 0 radical (unpaired) electrons. The molecule has 0 spiro atoms. The third-order valence-electron chi connectivity index (χ3n) is 1.98. The van der Waals surface area contributed by atoms with Gasteiger partial charge < -0.3 is 10.8 Å². The predicted octanol–water partition coefficient (Wildman–Crippen LogP) is 1.14. The van der Waals surface area contributed by atoms with Crippen LogP contribution in [-0.2, 0) is 9.59 Å². The molecule has 0 rings (SSSR count). The fraction of sp³-hybridized carbons (Fsp3) is 0.778. The molecule has 1 atom stereocenters. The fourth-order valence-corrected chi connectivity index (χ4v) is 1.05. The molecule has 1 amide bonds. The van der Waals surface area contributed by atoms with Gasteiger partial charge in [0.2, 0.25) is 5.91 Å². The quantitative estimate of drug-likeness (QED) is 0.586. The van der Waals surface area contributed by atoms with E-state index >= 15 is 0 Å². The van der Waals surface area contributed by atoms with Crippen molar-refractivity contribution in [1.29, 1.82) is 0 Å². The Bertz CT molecular complexity index is 180. The van der Waals surface area contributed by atoms with Gasteiger partial charge in [-0.1, -0.05) is 19.8 Å². The highest BCUT2D eigenvalue weighted by atomic mass is 16.4. The summed E-state index contributed by atoms with van der Waals surface area (Å²) in [5.74, 6) is -1.32. The lowest BCUT2D eigenvalue weighted by molar-refractivity contribution is -0.141. The van der Waals surface area contributed by atoms with Gasteiger partial charge in [0.25, 0.3) is 0 Å². The van der Waals surface area contributed by atoms with E-state index in [4.69, 9.17) is 10.8 Å². The molecule has 4 nitrogen and oxygen atoms in total.